The minimum Gasteiger partial charge on any atom is -0.455 e. The van der Waals surface area contributed by atoms with Gasteiger partial charge < -0.3 is 4.42 Å². The minimum absolute atomic E-state index is 0.573. The van der Waals surface area contributed by atoms with E-state index in [4.69, 9.17) is 19.4 Å². The lowest BCUT2D eigenvalue weighted by Crippen LogP contribution is -2.27. The Hall–Kier alpha value is -7.43. The van der Waals surface area contributed by atoms with E-state index in [0.29, 0.717) is 17.5 Å². The molecular weight excluding hydrogens is 695 g/mol. The van der Waals surface area contributed by atoms with Crippen molar-refractivity contribution in [3.8, 4) is 67.5 Å². The summed E-state index contributed by atoms with van der Waals surface area (Å²) in [5.74, 6) is 1.92. The molecule has 4 heteroatoms. The first-order valence-corrected chi connectivity index (χ1v) is 19.4. The van der Waals surface area contributed by atoms with Crippen LogP contribution < -0.4 is 0 Å². The summed E-state index contributed by atoms with van der Waals surface area (Å²) in [7, 11) is 0. The number of aromatic nitrogens is 3. The number of hydrogen-bond acceptors (Lipinski definition) is 4. The Morgan fingerprint density at radius 2 is 0.965 bits per heavy atom. The highest BCUT2D eigenvalue weighted by molar-refractivity contribution is 6.14. The lowest BCUT2D eigenvalue weighted by molar-refractivity contribution is 0.669. The van der Waals surface area contributed by atoms with Crippen molar-refractivity contribution in [1.29, 1.82) is 0 Å². The molecule has 0 saturated carbocycles. The molecule has 57 heavy (non-hydrogen) atoms. The monoisotopic (exact) mass is 727 g/mol. The first-order chi connectivity index (χ1) is 28.2. The maximum atomic E-state index is 6.86. The predicted molar refractivity (Wildman–Crippen MR) is 230 cm³/mol. The zero-order valence-corrected chi connectivity index (χ0v) is 31.1. The van der Waals surface area contributed by atoms with Gasteiger partial charge in [0.05, 0.1) is 5.41 Å². The van der Waals surface area contributed by atoms with Crippen molar-refractivity contribution in [2.24, 2.45) is 0 Å². The fourth-order valence-corrected chi connectivity index (χ4v) is 9.73. The van der Waals surface area contributed by atoms with Crippen LogP contribution in [0.4, 0.5) is 0 Å². The maximum Gasteiger partial charge on any atom is 0.164 e. The lowest BCUT2D eigenvalue weighted by Gasteiger charge is -2.33. The highest BCUT2D eigenvalue weighted by Gasteiger charge is 2.53. The van der Waals surface area contributed by atoms with Crippen LogP contribution in [0.3, 0.4) is 0 Å². The third-order valence-electron chi connectivity index (χ3n) is 12.1. The van der Waals surface area contributed by atoms with E-state index in [0.717, 1.165) is 44.2 Å². The average molecular weight is 728 g/mol. The summed E-state index contributed by atoms with van der Waals surface area (Å²) < 4.78 is 6.86. The van der Waals surface area contributed by atoms with Crippen LogP contribution in [0.2, 0.25) is 0 Å². The highest BCUT2D eigenvalue weighted by atomic mass is 16.3. The molecule has 0 amide bonds. The summed E-state index contributed by atoms with van der Waals surface area (Å²) in [5, 5.41) is 2.27. The normalized spacial score (nSPS) is 13.1. The topological polar surface area (TPSA) is 51.8 Å². The molecule has 8 aromatic carbocycles. The molecule has 2 heterocycles. The number of hydrogen-bond donors (Lipinski definition) is 0. The standard InChI is InChI=1S/C53H33N3O/c1-32-27-28-41-47-44(30-29-40-39-23-10-13-26-45(39)57-49(40)47)53(42-24-11-8-21-37(42)38-22-9-12-25-43(38)53)48(41)46(32)35-19-14-20-36(31-35)52-55-50(33-15-4-2-5-16-33)54-51(56-52)34-17-6-3-7-18-34/h2-31H,1H3. The molecule has 10 aromatic rings. The van der Waals surface area contributed by atoms with Gasteiger partial charge in [0.2, 0.25) is 0 Å². The second-order valence-corrected chi connectivity index (χ2v) is 15.1. The van der Waals surface area contributed by atoms with Crippen LogP contribution in [0.1, 0.15) is 27.8 Å². The van der Waals surface area contributed by atoms with Gasteiger partial charge in [-0.3, -0.25) is 0 Å². The molecular formula is C53H33N3O. The fraction of sp³-hybridized carbons (Fsp3) is 0.0377. The second kappa shape index (κ2) is 12.0. The summed E-state index contributed by atoms with van der Waals surface area (Å²) in [6, 6.07) is 64.6. The van der Waals surface area contributed by atoms with Gasteiger partial charge >= 0.3 is 0 Å². The number of furan rings is 1. The second-order valence-electron chi connectivity index (χ2n) is 15.1. The molecule has 0 saturated heterocycles. The van der Waals surface area contributed by atoms with Gasteiger partial charge in [-0.05, 0) is 74.7 Å². The van der Waals surface area contributed by atoms with Crippen LogP contribution in [0, 0.1) is 6.92 Å². The molecule has 0 aliphatic heterocycles. The van der Waals surface area contributed by atoms with E-state index in [2.05, 4.69) is 128 Å². The Balaban J connectivity index is 1.15. The van der Waals surface area contributed by atoms with Crippen molar-refractivity contribution >= 4 is 21.9 Å². The minimum atomic E-state index is -0.573. The van der Waals surface area contributed by atoms with Crippen molar-refractivity contribution in [3.05, 3.63) is 210 Å². The van der Waals surface area contributed by atoms with Gasteiger partial charge in [0, 0.05) is 33.0 Å². The Kier molecular flexibility index (Phi) is 6.73. The fourth-order valence-electron chi connectivity index (χ4n) is 9.73. The van der Waals surface area contributed by atoms with Crippen LogP contribution in [0.25, 0.3) is 89.5 Å². The molecule has 2 aliphatic carbocycles. The van der Waals surface area contributed by atoms with Gasteiger partial charge in [0.15, 0.2) is 17.5 Å². The summed E-state index contributed by atoms with van der Waals surface area (Å²) in [6.45, 7) is 2.24. The summed E-state index contributed by atoms with van der Waals surface area (Å²) in [6.07, 6.45) is 0. The zero-order chi connectivity index (χ0) is 37.7. The molecule has 4 nitrogen and oxygen atoms in total. The number of para-hydroxylation sites is 1. The van der Waals surface area contributed by atoms with Gasteiger partial charge in [0.1, 0.15) is 11.2 Å². The van der Waals surface area contributed by atoms with E-state index >= 15 is 0 Å². The van der Waals surface area contributed by atoms with E-state index in [-0.39, 0.29) is 0 Å². The highest BCUT2D eigenvalue weighted by Crippen LogP contribution is 2.66. The van der Waals surface area contributed by atoms with Crippen LogP contribution in [0.5, 0.6) is 0 Å². The molecule has 0 unspecified atom stereocenters. The maximum absolute atomic E-state index is 6.86. The van der Waals surface area contributed by atoms with E-state index in [1.54, 1.807) is 0 Å². The van der Waals surface area contributed by atoms with E-state index in [1.165, 1.54) is 55.6 Å². The molecule has 2 aromatic heterocycles. The van der Waals surface area contributed by atoms with Crippen molar-refractivity contribution in [2.75, 3.05) is 0 Å². The van der Waals surface area contributed by atoms with E-state index in [9.17, 15) is 0 Å². The molecule has 12 rings (SSSR count). The Morgan fingerprint density at radius 1 is 0.404 bits per heavy atom. The summed E-state index contributed by atoms with van der Waals surface area (Å²) >= 11 is 0. The largest absolute Gasteiger partial charge is 0.455 e. The molecule has 0 N–H and O–H groups in total. The van der Waals surface area contributed by atoms with Gasteiger partial charge in [0.25, 0.3) is 0 Å². The van der Waals surface area contributed by atoms with Gasteiger partial charge in [-0.1, -0.05) is 170 Å². The van der Waals surface area contributed by atoms with Crippen molar-refractivity contribution < 1.29 is 4.42 Å². The molecule has 0 radical (unpaired) electrons. The molecule has 0 bridgehead atoms. The Morgan fingerprint density at radius 3 is 1.65 bits per heavy atom. The van der Waals surface area contributed by atoms with Crippen LogP contribution in [0.15, 0.2) is 186 Å². The number of rotatable bonds is 4. The predicted octanol–water partition coefficient (Wildman–Crippen LogP) is 13.1. The Labute approximate surface area is 329 Å². The molecule has 0 atom stereocenters. The number of nitrogens with zero attached hydrogens (tertiary/aromatic N) is 3. The summed E-state index contributed by atoms with van der Waals surface area (Å²) in [5.41, 5.74) is 17.6. The van der Waals surface area contributed by atoms with Gasteiger partial charge in [-0.2, -0.15) is 0 Å². The van der Waals surface area contributed by atoms with Crippen LogP contribution in [-0.4, -0.2) is 15.0 Å². The number of benzene rings is 8. The average Bonchev–Trinajstić information content (AvgIpc) is 3.91. The van der Waals surface area contributed by atoms with Gasteiger partial charge in [-0.15, -0.1) is 0 Å². The van der Waals surface area contributed by atoms with Crippen molar-refractivity contribution in [2.45, 2.75) is 12.3 Å². The van der Waals surface area contributed by atoms with E-state index < -0.39 is 5.41 Å². The van der Waals surface area contributed by atoms with Crippen LogP contribution in [-0.2, 0) is 5.41 Å². The molecule has 0 fully saturated rings. The third-order valence-corrected chi connectivity index (χ3v) is 12.1. The summed E-state index contributed by atoms with van der Waals surface area (Å²) in [4.78, 5) is 15.2. The van der Waals surface area contributed by atoms with Crippen molar-refractivity contribution in [1.82, 2.24) is 15.0 Å². The lowest BCUT2D eigenvalue weighted by atomic mass is 9.68. The quantitative estimate of drug-likeness (QED) is 0.181. The van der Waals surface area contributed by atoms with Crippen molar-refractivity contribution in [3.63, 3.8) is 0 Å². The Bertz CT molecular complexity index is 3150. The smallest absolute Gasteiger partial charge is 0.164 e. The number of fused-ring (bicyclic) bond motifs is 14. The SMILES string of the molecule is Cc1ccc2c(c1-c1cccc(-c3nc(-c4ccccc4)nc(-c4ccccc4)n3)c1)C1(c3ccccc3-c3ccccc31)c1ccc3c(oc4ccccc43)c1-2. The third kappa shape index (κ3) is 4.47. The number of aryl methyl sites for hydroxylation is 1. The molecule has 2 aliphatic rings. The first kappa shape index (κ1) is 31.9. The molecule has 266 valence electrons. The van der Waals surface area contributed by atoms with Crippen LogP contribution >= 0.6 is 0 Å². The first-order valence-electron chi connectivity index (χ1n) is 19.4. The van der Waals surface area contributed by atoms with E-state index in [1.807, 2.05) is 60.7 Å². The van der Waals surface area contributed by atoms with Gasteiger partial charge in [-0.25, -0.2) is 15.0 Å². The molecule has 1 spiro atoms. The zero-order valence-electron chi connectivity index (χ0n) is 31.1.